The maximum atomic E-state index is 16.1. The van der Waals surface area contributed by atoms with E-state index >= 15 is 4.39 Å². The van der Waals surface area contributed by atoms with E-state index in [9.17, 15) is 14.7 Å². The zero-order chi connectivity index (χ0) is 28.2. The number of carbonyl (C=O) groups excluding carboxylic acids is 1. The van der Waals surface area contributed by atoms with Gasteiger partial charge in [0.2, 0.25) is 5.91 Å². The second-order valence-electron chi connectivity index (χ2n) is 11.8. The average Bonchev–Trinajstić information content (AvgIpc) is 3.53. The fourth-order valence-corrected chi connectivity index (χ4v) is 7.97. The number of carboxylic acid groups (broad SMARTS) is 1. The lowest BCUT2D eigenvalue weighted by Crippen LogP contribution is -2.61. The zero-order valence-electron chi connectivity index (χ0n) is 21.8. The summed E-state index contributed by atoms with van der Waals surface area (Å²) < 4.78 is 18.1. The van der Waals surface area contributed by atoms with Gasteiger partial charge in [0.15, 0.2) is 0 Å². The minimum absolute atomic E-state index is 0.0100. The molecule has 4 heterocycles. The molecule has 10 heteroatoms. The quantitative estimate of drug-likeness (QED) is 0.300. The number of benzene rings is 3. The van der Waals surface area contributed by atoms with Crippen molar-refractivity contribution in [2.24, 2.45) is 5.92 Å². The molecule has 1 saturated heterocycles. The number of rotatable bonds is 4. The van der Waals surface area contributed by atoms with Crippen molar-refractivity contribution in [1.29, 1.82) is 0 Å². The van der Waals surface area contributed by atoms with E-state index in [2.05, 4.69) is 14.8 Å². The van der Waals surface area contributed by atoms with E-state index in [4.69, 9.17) is 28.2 Å². The summed E-state index contributed by atoms with van der Waals surface area (Å²) in [6.45, 7) is 1.23. The predicted molar refractivity (Wildman–Crippen MR) is 153 cm³/mol. The number of aromatic carboxylic acids is 1. The first-order valence-electron chi connectivity index (χ1n) is 13.8. The Hall–Kier alpha value is -3.46. The number of anilines is 1. The highest BCUT2D eigenvalue weighted by Crippen LogP contribution is 2.61. The van der Waals surface area contributed by atoms with E-state index in [0.29, 0.717) is 47.2 Å². The molecule has 8 rings (SSSR count). The van der Waals surface area contributed by atoms with Crippen LogP contribution in [0.25, 0.3) is 11.0 Å². The van der Waals surface area contributed by atoms with Crippen LogP contribution in [0, 0.1) is 11.7 Å². The number of carbonyl (C=O) groups is 2. The molecule has 7 nitrogen and oxygen atoms in total. The second-order valence-corrected chi connectivity index (χ2v) is 12.6. The number of halogens is 3. The van der Waals surface area contributed by atoms with Gasteiger partial charge in [0.1, 0.15) is 17.2 Å². The largest absolute Gasteiger partial charge is 0.478 e. The Morgan fingerprint density at radius 2 is 1.98 bits per heavy atom. The van der Waals surface area contributed by atoms with E-state index in [1.54, 1.807) is 36.4 Å². The van der Waals surface area contributed by atoms with Crippen molar-refractivity contribution in [2.45, 2.75) is 49.2 Å². The summed E-state index contributed by atoms with van der Waals surface area (Å²) in [5.41, 5.74) is 2.52. The standard InChI is InChI=1S/C31H25Cl2FN4O3/c32-18-8-6-17-12-31(30(41)36-22(17)11-18)26(19-2-1-3-20(33)27(19)34)25-24(38(31)13-15-4-5-15)14-37-23-10-16(29(39)40)7-9-21(23)35-28(25)37/h1-3,6-11,15,24-26H,4-5,12-14H2,(H,36,41)(H,39,40)/t24-,25+,26-,31+/m0/s1. The van der Waals surface area contributed by atoms with Gasteiger partial charge in [-0.2, -0.15) is 0 Å². The van der Waals surface area contributed by atoms with Crippen molar-refractivity contribution < 1.29 is 19.1 Å². The highest BCUT2D eigenvalue weighted by atomic mass is 35.5. The Morgan fingerprint density at radius 3 is 2.76 bits per heavy atom. The number of hydrogen-bond acceptors (Lipinski definition) is 4. The van der Waals surface area contributed by atoms with Gasteiger partial charge < -0.3 is 15.0 Å². The Morgan fingerprint density at radius 1 is 1.15 bits per heavy atom. The van der Waals surface area contributed by atoms with E-state index in [1.165, 1.54) is 6.07 Å². The molecule has 41 heavy (non-hydrogen) atoms. The van der Waals surface area contributed by atoms with Gasteiger partial charge in [-0.25, -0.2) is 14.2 Å². The van der Waals surface area contributed by atoms with E-state index in [0.717, 1.165) is 29.7 Å². The Labute approximate surface area is 244 Å². The Bertz CT molecular complexity index is 1800. The summed E-state index contributed by atoms with van der Waals surface area (Å²) in [5.74, 6) is -1.42. The van der Waals surface area contributed by atoms with E-state index < -0.39 is 23.2 Å². The van der Waals surface area contributed by atoms with Crippen molar-refractivity contribution in [1.82, 2.24) is 14.5 Å². The molecule has 0 unspecified atom stereocenters. The highest BCUT2D eigenvalue weighted by molar-refractivity contribution is 6.31. The van der Waals surface area contributed by atoms with Gasteiger partial charge in [-0.1, -0.05) is 41.4 Å². The molecule has 3 aliphatic heterocycles. The van der Waals surface area contributed by atoms with Crippen LogP contribution in [0.15, 0.2) is 54.6 Å². The van der Waals surface area contributed by atoms with Crippen LogP contribution in [-0.4, -0.2) is 49.6 Å². The van der Waals surface area contributed by atoms with Gasteiger partial charge in [-0.15, -0.1) is 0 Å². The minimum atomic E-state index is -1.08. The molecule has 0 bridgehead atoms. The fourth-order valence-electron chi connectivity index (χ4n) is 7.62. The molecule has 1 aromatic heterocycles. The van der Waals surface area contributed by atoms with Crippen molar-refractivity contribution in [3.05, 3.63) is 93.0 Å². The molecule has 4 aromatic rings. The van der Waals surface area contributed by atoms with Crippen molar-refractivity contribution in [3.8, 4) is 0 Å². The molecule has 208 valence electrons. The summed E-state index contributed by atoms with van der Waals surface area (Å²) in [6, 6.07) is 15.3. The number of likely N-dealkylation sites (tertiary alicyclic amines) is 1. The summed E-state index contributed by atoms with van der Waals surface area (Å²) in [5, 5.41) is 13.3. The fraction of sp³-hybridized carbons (Fsp3) is 0.323. The minimum Gasteiger partial charge on any atom is -0.478 e. The summed E-state index contributed by atoms with van der Waals surface area (Å²) in [4.78, 5) is 33.5. The van der Waals surface area contributed by atoms with Crippen molar-refractivity contribution >= 4 is 51.8 Å². The Balaban J connectivity index is 1.38. The van der Waals surface area contributed by atoms with Gasteiger partial charge in [0, 0.05) is 48.1 Å². The number of nitrogens with zero attached hydrogens (tertiary/aromatic N) is 3. The Kier molecular flexibility index (Phi) is 5.40. The lowest BCUT2D eigenvalue weighted by Gasteiger charge is -2.46. The van der Waals surface area contributed by atoms with Gasteiger partial charge in [0.25, 0.3) is 0 Å². The first-order chi connectivity index (χ1) is 19.8. The van der Waals surface area contributed by atoms with Crippen LogP contribution < -0.4 is 5.32 Å². The molecule has 2 N–H and O–H groups in total. The number of carboxylic acids is 1. The number of amides is 1. The first kappa shape index (κ1) is 25.3. The van der Waals surface area contributed by atoms with Gasteiger partial charge in [0.05, 0.1) is 21.6 Å². The molecular formula is C31H25Cl2FN4O3. The van der Waals surface area contributed by atoms with E-state index in [-0.39, 0.29) is 28.5 Å². The summed E-state index contributed by atoms with van der Waals surface area (Å²) >= 11 is 12.6. The monoisotopic (exact) mass is 590 g/mol. The van der Waals surface area contributed by atoms with Crippen LogP contribution in [-0.2, 0) is 17.8 Å². The number of hydrogen-bond donors (Lipinski definition) is 2. The van der Waals surface area contributed by atoms with Gasteiger partial charge in [-0.3, -0.25) is 9.69 Å². The second kappa shape index (κ2) is 8.77. The van der Waals surface area contributed by atoms with Crippen LogP contribution >= 0.6 is 23.2 Å². The maximum Gasteiger partial charge on any atom is 0.335 e. The van der Waals surface area contributed by atoms with Crippen LogP contribution in [0.3, 0.4) is 0 Å². The number of imidazole rings is 1. The predicted octanol–water partition coefficient (Wildman–Crippen LogP) is 6.09. The lowest BCUT2D eigenvalue weighted by atomic mass is 9.69. The molecule has 1 saturated carbocycles. The molecule has 3 aromatic carbocycles. The third kappa shape index (κ3) is 3.57. The molecule has 0 radical (unpaired) electrons. The third-order valence-electron chi connectivity index (χ3n) is 9.54. The number of aromatic nitrogens is 2. The number of fused-ring (bicyclic) bond motifs is 6. The smallest absolute Gasteiger partial charge is 0.335 e. The van der Waals surface area contributed by atoms with Crippen molar-refractivity contribution in [3.63, 3.8) is 0 Å². The molecule has 4 atom stereocenters. The molecule has 2 fully saturated rings. The molecule has 4 aliphatic rings. The molecule has 1 amide bonds. The number of nitrogens with one attached hydrogen (secondary N) is 1. The normalized spacial score (nSPS) is 26.7. The summed E-state index contributed by atoms with van der Waals surface area (Å²) in [6.07, 6.45) is 2.57. The SMILES string of the molecule is O=C(O)c1ccc2nc3n(c2c1)C[C@H]1[C@@H]3[C@H](c2cccc(Cl)c2F)[C@@]2(Cc3ccc(Cl)cc3NC2=O)N1CC1CC1. The van der Waals surface area contributed by atoms with Crippen LogP contribution in [0.2, 0.25) is 10.0 Å². The van der Waals surface area contributed by atoms with Crippen molar-refractivity contribution in [2.75, 3.05) is 11.9 Å². The molecule has 1 spiro atoms. The topological polar surface area (TPSA) is 87.5 Å². The van der Waals surface area contributed by atoms with Crippen LogP contribution in [0.4, 0.5) is 10.1 Å². The molecular weight excluding hydrogens is 566 g/mol. The highest BCUT2D eigenvalue weighted by Gasteiger charge is 2.67. The summed E-state index contributed by atoms with van der Waals surface area (Å²) in [7, 11) is 0. The first-order valence-corrected chi connectivity index (χ1v) is 14.6. The van der Waals surface area contributed by atoms with Crippen LogP contribution in [0.1, 0.15) is 52.0 Å². The zero-order valence-corrected chi connectivity index (χ0v) is 23.3. The maximum absolute atomic E-state index is 16.1. The van der Waals surface area contributed by atoms with E-state index in [1.807, 2.05) is 12.1 Å². The lowest BCUT2D eigenvalue weighted by molar-refractivity contribution is -0.129. The van der Waals surface area contributed by atoms with Gasteiger partial charge >= 0.3 is 5.97 Å². The van der Waals surface area contributed by atoms with Crippen LogP contribution in [0.5, 0.6) is 0 Å². The average molecular weight is 591 g/mol. The van der Waals surface area contributed by atoms with Gasteiger partial charge in [-0.05, 0) is 66.3 Å². The third-order valence-corrected chi connectivity index (χ3v) is 10.1. The molecule has 1 aliphatic carbocycles.